The highest BCUT2D eigenvalue weighted by Gasteiger charge is 2.17. The molecule has 33 heavy (non-hydrogen) atoms. The molecule has 1 saturated heterocycles. The zero-order valence-electron chi connectivity index (χ0n) is 18.3. The van der Waals surface area contributed by atoms with Crippen molar-refractivity contribution < 1.29 is 13.6 Å². The summed E-state index contributed by atoms with van der Waals surface area (Å²) in [6.45, 7) is 4.68. The average molecular weight is 478 g/mol. The summed E-state index contributed by atoms with van der Waals surface area (Å²) in [4.78, 5) is 33.9. The van der Waals surface area contributed by atoms with E-state index in [0.717, 1.165) is 49.0 Å². The van der Waals surface area contributed by atoms with E-state index in [2.05, 4.69) is 27.1 Å². The van der Waals surface area contributed by atoms with Crippen molar-refractivity contribution in [1.29, 1.82) is 5.26 Å². The largest absolute Gasteiger partial charge is 0.360 e. The monoisotopic (exact) mass is 477 g/mol. The second kappa shape index (κ2) is 11.0. The second-order valence-electron chi connectivity index (χ2n) is 7.39. The lowest BCUT2D eigenvalue weighted by atomic mass is 10.3. The summed E-state index contributed by atoms with van der Waals surface area (Å²) in [7, 11) is 2.08. The Morgan fingerprint density at radius 1 is 1.36 bits per heavy atom. The van der Waals surface area contributed by atoms with Crippen molar-refractivity contribution in [2.75, 3.05) is 50.0 Å². The first kappa shape index (κ1) is 24.3. The van der Waals surface area contributed by atoms with Crippen LogP contribution < -0.4 is 30.3 Å². The van der Waals surface area contributed by atoms with E-state index in [4.69, 9.17) is 0 Å². The number of anilines is 2. The number of aromatic nitrogens is 2. The molecular formula is C21H25F2N7O2S. The third kappa shape index (κ3) is 5.94. The van der Waals surface area contributed by atoms with Crippen LogP contribution in [0.1, 0.15) is 6.92 Å². The third-order valence-electron chi connectivity index (χ3n) is 5.14. The highest BCUT2D eigenvalue weighted by Crippen LogP contribution is 2.17. The minimum Gasteiger partial charge on any atom is -0.360 e. The Labute approximate surface area is 193 Å². The number of alkyl halides is 2. The lowest BCUT2D eigenvalue weighted by Crippen LogP contribution is -2.44. The number of halogens is 2. The molecule has 3 heterocycles. The molecule has 0 bridgehead atoms. The minimum atomic E-state index is -2.74. The van der Waals surface area contributed by atoms with Gasteiger partial charge in [-0.1, -0.05) is 0 Å². The van der Waals surface area contributed by atoms with Crippen molar-refractivity contribution >= 4 is 40.5 Å². The first-order chi connectivity index (χ1) is 15.8. The zero-order chi connectivity index (χ0) is 24.0. The molecule has 1 aliphatic heterocycles. The second-order valence-corrected chi connectivity index (χ2v) is 8.42. The minimum absolute atomic E-state index is 0.123. The molecule has 0 aromatic carbocycles. The van der Waals surface area contributed by atoms with Crippen LogP contribution in [-0.2, 0) is 11.3 Å². The quantitative estimate of drug-likeness (QED) is 0.578. The van der Waals surface area contributed by atoms with Gasteiger partial charge >= 0.3 is 0 Å². The number of carbonyl (C=O) groups is 1. The molecule has 0 unspecified atom stereocenters. The van der Waals surface area contributed by atoms with E-state index in [9.17, 15) is 23.6 Å². The van der Waals surface area contributed by atoms with E-state index in [0.29, 0.717) is 0 Å². The van der Waals surface area contributed by atoms with Crippen LogP contribution in [0, 0.1) is 11.3 Å². The van der Waals surface area contributed by atoms with Gasteiger partial charge in [0.05, 0.1) is 6.54 Å². The molecule has 12 heteroatoms. The van der Waals surface area contributed by atoms with E-state index in [-0.39, 0.29) is 26.9 Å². The van der Waals surface area contributed by atoms with Crippen LogP contribution in [0.25, 0.3) is 11.8 Å². The molecule has 1 amide bonds. The molecule has 0 aliphatic carbocycles. The molecular weight excluding hydrogens is 452 g/mol. The van der Waals surface area contributed by atoms with Crippen LogP contribution >= 0.6 is 11.3 Å². The SMILES string of the molecule is CCn1c(=O)/c(=C\Nc2ccnc(N3CCN(C)CC3)c2)s/c1=C(/C#N)C(=O)NCC(F)F. The third-order valence-corrected chi connectivity index (χ3v) is 6.27. The van der Waals surface area contributed by atoms with Crippen LogP contribution in [0.3, 0.4) is 0 Å². The fourth-order valence-electron chi connectivity index (χ4n) is 3.31. The number of amides is 1. The molecule has 2 aromatic rings. The van der Waals surface area contributed by atoms with Crippen LogP contribution in [-0.4, -0.2) is 66.6 Å². The summed E-state index contributed by atoms with van der Waals surface area (Å²) in [6, 6.07) is 5.40. The van der Waals surface area contributed by atoms with E-state index in [1.54, 1.807) is 25.3 Å². The summed E-state index contributed by atoms with van der Waals surface area (Å²) < 4.78 is 26.5. The zero-order valence-corrected chi connectivity index (χ0v) is 19.2. The predicted octanol–water partition coefficient (Wildman–Crippen LogP) is -0.0178. The van der Waals surface area contributed by atoms with Gasteiger partial charge in [-0.05, 0) is 20.0 Å². The number of thiazole rings is 1. The molecule has 2 N–H and O–H groups in total. The van der Waals surface area contributed by atoms with Crippen LogP contribution in [0.2, 0.25) is 0 Å². The fraction of sp³-hybridized carbons (Fsp3) is 0.429. The van der Waals surface area contributed by atoms with Crippen LogP contribution in [0.5, 0.6) is 0 Å². The fourth-order valence-corrected chi connectivity index (χ4v) is 4.40. The average Bonchev–Trinajstić information content (AvgIpc) is 3.12. The summed E-state index contributed by atoms with van der Waals surface area (Å²) in [5.74, 6) is -0.109. The Morgan fingerprint density at radius 2 is 2.09 bits per heavy atom. The van der Waals surface area contributed by atoms with Gasteiger partial charge in [0.2, 0.25) is 0 Å². The Morgan fingerprint density at radius 3 is 2.73 bits per heavy atom. The molecule has 0 saturated carbocycles. The van der Waals surface area contributed by atoms with E-state index < -0.39 is 18.9 Å². The molecule has 3 rings (SSSR count). The van der Waals surface area contributed by atoms with E-state index >= 15 is 0 Å². The number of hydrogen-bond donors (Lipinski definition) is 2. The van der Waals surface area contributed by atoms with E-state index in [1.165, 1.54) is 10.8 Å². The van der Waals surface area contributed by atoms with Gasteiger partial charge in [-0.2, -0.15) is 5.26 Å². The van der Waals surface area contributed by atoms with Gasteiger partial charge in [0.15, 0.2) is 5.57 Å². The number of pyridine rings is 1. The summed E-state index contributed by atoms with van der Waals surface area (Å²) in [5.41, 5.74) is -0.0243. The van der Waals surface area contributed by atoms with Crippen molar-refractivity contribution in [3.05, 3.63) is 37.9 Å². The van der Waals surface area contributed by atoms with E-state index in [1.807, 2.05) is 11.4 Å². The van der Waals surface area contributed by atoms with Gasteiger partial charge in [-0.3, -0.25) is 14.2 Å². The Hall–Kier alpha value is -3.30. The van der Waals surface area contributed by atoms with Crippen molar-refractivity contribution in [2.24, 2.45) is 0 Å². The predicted molar refractivity (Wildman–Crippen MR) is 124 cm³/mol. The Balaban J connectivity index is 1.90. The lowest BCUT2D eigenvalue weighted by molar-refractivity contribution is -0.116. The molecule has 0 radical (unpaired) electrons. The van der Waals surface area contributed by atoms with Gasteiger partial charge in [0.1, 0.15) is 21.1 Å². The maximum absolute atomic E-state index is 12.8. The van der Waals surface area contributed by atoms with Gasteiger partial charge < -0.3 is 20.4 Å². The summed E-state index contributed by atoms with van der Waals surface area (Å²) >= 11 is 0.951. The van der Waals surface area contributed by atoms with Gasteiger partial charge in [-0.15, -0.1) is 11.3 Å². The summed E-state index contributed by atoms with van der Waals surface area (Å²) in [5, 5.41) is 14.5. The van der Waals surface area contributed by atoms with Crippen molar-refractivity contribution in [1.82, 2.24) is 19.8 Å². The Kier molecular flexibility index (Phi) is 8.13. The number of likely N-dealkylation sites (N-methyl/N-ethyl adjacent to an activating group) is 1. The van der Waals surface area contributed by atoms with Crippen molar-refractivity contribution in [2.45, 2.75) is 19.9 Å². The molecule has 176 valence electrons. The lowest BCUT2D eigenvalue weighted by Gasteiger charge is -2.33. The normalized spacial score (nSPS) is 16.0. The van der Waals surface area contributed by atoms with Crippen molar-refractivity contribution in [3.8, 4) is 6.07 Å². The van der Waals surface area contributed by atoms with Gasteiger partial charge in [0.25, 0.3) is 17.9 Å². The highest BCUT2D eigenvalue weighted by atomic mass is 32.1. The molecule has 0 atom stereocenters. The molecule has 0 spiro atoms. The number of nitrogens with one attached hydrogen (secondary N) is 2. The molecule has 1 aliphatic rings. The first-order valence-corrected chi connectivity index (χ1v) is 11.2. The first-order valence-electron chi connectivity index (χ1n) is 10.4. The number of carbonyl (C=O) groups excluding carboxylic acids is 1. The Bertz CT molecular complexity index is 1210. The number of rotatable bonds is 7. The topological polar surface area (TPSA) is 106 Å². The number of nitriles is 1. The van der Waals surface area contributed by atoms with Crippen LogP contribution in [0.4, 0.5) is 20.3 Å². The number of nitrogens with zero attached hydrogens (tertiary/aromatic N) is 5. The standard InChI is InChI=1S/C21H25F2N7O2S/c1-3-30-20(32)16(33-21(30)15(11-24)19(31)27-13-17(22)23)12-26-14-4-5-25-18(10-14)29-8-6-28(2)7-9-29/h4-5,10,12,17H,3,6-9,13H2,1-2H3,(H,25,26)(H,27,31)/b16-12+,21-15-. The smallest absolute Gasteiger partial charge is 0.270 e. The summed E-state index contributed by atoms with van der Waals surface area (Å²) in [6.07, 6.45) is 0.454. The van der Waals surface area contributed by atoms with Gasteiger partial charge in [0, 0.05) is 56.9 Å². The molecule has 1 fully saturated rings. The molecule has 9 nitrogen and oxygen atoms in total. The molecule has 2 aromatic heterocycles. The maximum Gasteiger partial charge on any atom is 0.270 e. The van der Waals surface area contributed by atoms with Crippen LogP contribution in [0.15, 0.2) is 23.1 Å². The number of hydrogen-bond acceptors (Lipinski definition) is 8. The highest BCUT2D eigenvalue weighted by molar-refractivity contribution is 7.07. The van der Waals surface area contributed by atoms with Crippen molar-refractivity contribution in [3.63, 3.8) is 0 Å². The van der Waals surface area contributed by atoms with Gasteiger partial charge in [-0.25, -0.2) is 13.8 Å². The maximum atomic E-state index is 12.8. The number of piperazine rings is 1.